The van der Waals surface area contributed by atoms with Crippen molar-refractivity contribution >= 4 is 16.9 Å². The van der Waals surface area contributed by atoms with Crippen molar-refractivity contribution in [2.45, 2.75) is 50.4 Å². The number of H-pyrrole nitrogens is 1. The van der Waals surface area contributed by atoms with Gasteiger partial charge in [0, 0.05) is 13.7 Å². The zero-order valence-corrected chi connectivity index (χ0v) is 14.1. The van der Waals surface area contributed by atoms with E-state index >= 15 is 0 Å². The molecule has 24 heavy (non-hydrogen) atoms. The lowest BCUT2D eigenvalue weighted by Crippen LogP contribution is -2.52. The van der Waals surface area contributed by atoms with E-state index in [-0.39, 0.29) is 23.7 Å². The van der Waals surface area contributed by atoms with Gasteiger partial charge >= 0.3 is 0 Å². The molecule has 1 saturated heterocycles. The summed E-state index contributed by atoms with van der Waals surface area (Å²) in [7, 11) is 1.72. The zero-order chi connectivity index (χ0) is 16.9. The number of carbonyl (C=O) groups excluding carboxylic acids is 1. The van der Waals surface area contributed by atoms with Gasteiger partial charge in [0.2, 0.25) is 0 Å². The molecule has 0 spiro atoms. The number of aromatic amines is 1. The molecule has 0 bridgehead atoms. The number of benzene rings is 1. The molecule has 2 fully saturated rings. The molecular weight excluding hydrogens is 306 g/mol. The molecule has 4 rings (SSSR count). The van der Waals surface area contributed by atoms with Gasteiger partial charge in [0.05, 0.1) is 28.8 Å². The number of ether oxygens (including phenoxy) is 1. The van der Waals surface area contributed by atoms with Gasteiger partial charge in [-0.25, -0.2) is 4.98 Å². The maximum absolute atomic E-state index is 13.2. The number of aliphatic hydroxyl groups is 1. The Kier molecular flexibility index (Phi) is 3.62. The Morgan fingerprint density at radius 3 is 3.08 bits per heavy atom. The lowest BCUT2D eigenvalue weighted by atomic mass is 9.79. The lowest BCUT2D eigenvalue weighted by molar-refractivity contribution is -0.0824. The summed E-state index contributed by atoms with van der Waals surface area (Å²) in [4.78, 5) is 22.8. The first kappa shape index (κ1) is 15.6. The van der Waals surface area contributed by atoms with Gasteiger partial charge < -0.3 is 19.7 Å². The largest absolute Gasteiger partial charge is 0.393 e. The fourth-order valence-electron chi connectivity index (χ4n) is 4.40. The van der Waals surface area contributed by atoms with E-state index in [1.165, 1.54) is 0 Å². The number of methoxy groups -OCH3 is 1. The minimum absolute atomic E-state index is 0.0230. The second kappa shape index (κ2) is 5.57. The average Bonchev–Trinajstić information content (AvgIpc) is 3.13. The van der Waals surface area contributed by atoms with Crippen molar-refractivity contribution in [3.8, 4) is 0 Å². The predicted octanol–water partition coefficient (Wildman–Crippen LogP) is 2.02. The first-order chi connectivity index (χ1) is 11.5. The molecule has 1 amide bonds. The van der Waals surface area contributed by atoms with Crippen LogP contribution in [0.1, 0.15) is 41.9 Å². The normalized spacial score (nSPS) is 29.9. The van der Waals surface area contributed by atoms with Crippen LogP contribution in [-0.4, -0.2) is 57.3 Å². The number of para-hydroxylation sites is 1. The third kappa shape index (κ3) is 2.24. The van der Waals surface area contributed by atoms with Crippen molar-refractivity contribution in [3.05, 3.63) is 29.6 Å². The molecule has 2 aromatic rings. The molecule has 1 saturated carbocycles. The highest BCUT2D eigenvalue weighted by molar-refractivity contribution is 6.05. The molecule has 1 aliphatic heterocycles. The number of likely N-dealkylation sites (tertiary alicyclic amines) is 1. The molecule has 0 radical (unpaired) electrons. The number of nitrogens with zero attached hydrogens (tertiary/aromatic N) is 2. The molecule has 1 aromatic heterocycles. The van der Waals surface area contributed by atoms with Gasteiger partial charge in [-0.05, 0) is 44.7 Å². The van der Waals surface area contributed by atoms with Crippen LogP contribution in [0, 0.1) is 6.92 Å². The van der Waals surface area contributed by atoms with Crippen LogP contribution in [-0.2, 0) is 4.74 Å². The van der Waals surface area contributed by atoms with E-state index < -0.39 is 0 Å². The van der Waals surface area contributed by atoms with Gasteiger partial charge in [-0.15, -0.1) is 0 Å². The van der Waals surface area contributed by atoms with Gasteiger partial charge in [0.15, 0.2) is 0 Å². The molecule has 2 N–H and O–H groups in total. The topological polar surface area (TPSA) is 78.5 Å². The number of hydrogen-bond donors (Lipinski definition) is 2. The number of carbonyl (C=O) groups is 1. The summed E-state index contributed by atoms with van der Waals surface area (Å²) in [5.41, 5.74) is 1.89. The Labute approximate surface area is 140 Å². The van der Waals surface area contributed by atoms with Crippen LogP contribution in [0.4, 0.5) is 0 Å². The molecule has 0 unspecified atom stereocenters. The summed E-state index contributed by atoms with van der Waals surface area (Å²) in [5, 5.41) is 10.1. The molecule has 2 aliphatic rings. The number of nitrogens with one attached hydrogen (secondary N) is 1. The van der Waals surface area contributed by atoms with Gasteiger partial charge in [-0.2, -0.15) is 0 Å². The number of aromatic nitrogens is 2. The van der Waals surface area contributed by atoms with E-state index in [4.69, 9.17) is 4.74 Å². The van der Waals surface area contributed by atoms with Crippen molar-refractivity contribution in [3.63, 3.8) is 0 Å². The predicted molar refractivity (Wildman–Crippen MR) is 89.9 cm³/mol. The first-order valence-electron chi connectivity index (χ1n) is 8.53. The number of fused-ring (bicyclic) bond motifs is 2. The monoisotopic (exact) mass is 329 g/mol. The van der Waals surface area contributed by atoms with Gasteiger partial charge in [-0.3, -0.25) is 4.79 Å². The fourth-order valence-corrected chi connectivity index (χ4v) is 4.40. The number of rotatable bonds is 2. The van der Waals surface area contributed by atoms with Gasteiger partial charge in [0.25, 0.3) is 5.91 Å². The minimum atomic E-state index is -0.366. The maximum Gasteiger partial charge on any atom is 0.256 e. The highest BCUT2D eigenvalue weighted by atomic mass is 16.5. The molecular formula is C18H23N3O3. The number of aliphatic hydroxyl groups excluding tert-OH is 1. The van der Waals surface area contributed by atoms with Crippen molar-refractivity contribution in [2.24, 2.45) is 0 Å². The van der Waals surface area contributed by atoms with Crippen LogP contribution in [0.3, 0.4) is 0 Å². The molecule has 1 aliphatic carbocycles. The van der Waals surface area contributed by atoms with Gasteiger partial charge in [0.1, 0.15) is 11.3 Å². The van der Waals surface area contributed by atoms with E-state index in [2.05, 4.69) is 9.97 Å². The number of aryl methyl sites for hydroxylation is 1. The summed E-state index contributed by atoms with van der Waals surface area (Å²) >= 11 is 0. The summed E-state index contributed by atoms with van der Waals surface area (Å²) < 4.78 is 5.83. The summed E-state index contributed by atoms with van der Waals surface area (Å²) in [5.74, 6) is 0.774. The molecule has 2 heterocycles. The van der Waals surface area contributed by atoms with Gasteiger partial charge in [-0.1, -0.05) is 6.07 Å². The van der Waals surface area contributed by atoms with E-state index in [9.17, 15) is 9.90 Å². The maximum atomic E-state index is 13.2. The number of amides is 1. The Morgan fingerprint density at radius 1 is 1.46 bits per heavy atom. The quantitative estimate of drug-likeness (QED) is 0.883. The smallest absolute Gasteiger partial charge is 0.256 e. The highest BCUT2D eigenvalue weighted by Gasteiger charge is 2.52. The van der Waals surface area contributed by atoms with Crippen molar-refractivity contribution in [2.75, 3.05) is 13.7 Å². The van der Waals surface area contributed by atoms with Crippen LogP contribution in [0.25, 0.3) is 11.0 Å². The van der Waals surface area contributed by atoms with Crippen molar-refractivity contribution in [1.82, 2.24) is 14.9 Å². The Morgan fingerprint density at radius 2 is 2.29 bits per heavy atom. The SMILES string of the molecule is CO[C@@]12CC[C@@H](O)C[C@@H]1N(C(=O)c1cccc3[nH]c(C)nc13)CC2. The van der Waals surface area contributed by atoms with E-state index in [0.29, 0.717) is 24.0 Å². The number of imidazole rings is 1. The zero-order valence-electron chi connectivity index (χ0n) is 14.1. The third-order valence-electron chi connectivity index (χ3n) is 5.68. The molecule has 6 nitrogen and oxygen atoms in total. The Bertz CT molecular complexity index is 787. The summed E-state index contributed by atoms with van der Waals surface area (Å²) in [6, 6.07) is 5.56. The Hall–Kier alpha value is -1.92. The second-order valence-corrected chi connectivity index (χ2v) is 6.99. The molecule has 6 heteroatoms. The van der Waals surface area contributed by atoms with Crippen LogP contribution >= 0.6 is 0 Å². The third-order valence-corrected chi connectivity index (χ3v) is 5.68. The van der Waals surface area contributed by atoms with Crippen LogP contribution in [0.2, 0.25) is 0 Å². The Balaban J connectivity index is 1.71. The van der Waals surface area contributed by atoms with Crippen LogP contribution in [0.5, 0.6) is 0 Å². The fraction of sp³-hybridized carbons (Fsp3) is 0.556. The average molecular weight is 329 g/mol. The first-order valence-corrected chi connectivity index (χ1v) is 8.53. The van der Waals surface area contributed by atoms with E-state index in [1.54, 1.807) is 7.11 Å². The second-order valence-electron chi connectivity index (χ2n) is 6.99. The molecule has 1 aromatic carbocycles. The molecule has 3 atom stereocenters. The van der Waals surface area contributed by atoms with Crippen molar-refractivity contribution < 1.29 is 14.6 Å². The summed E-state index contributed by atoms with van der Waals surface area (Å²) in [6.45, 7) is 2.54. The number of hydrogen-bond acceptors (Lipinski definition) is 4. The lowest BCUT2D eigenvalue weighted by Gasteiger charge is -2.42. The van der Waals surface area contributed by atoms with E-state index in [1.807, 2.05) is 30.0 Å². The van der Waals surface area contributed by atoms with Crippen molar-refractivity contribution in [1.29, 1.82) is 0 Å². The summed E-state index contributed by atoms with van der Waals surface area (Å²) in [6.07, 6.45) is 2.57. The van der Waals surface area contributed by atoms with Crippen LogP contribution in [0.15, 0.2) is 18.2 Å². The molecule has 128 valence electrons. The highest BCUT2D eigenvalue weighted by Crippen LogP contribution is 2.43. The minimum Gasteiger partial charge on any atom is -0.393 e. The van der Waals surface area contributed by atoms with E-state index in [0.717, 1.165) is 30.6 Å². The van der Waals surface area contributed by atoms with Crippen LogP contribution < -0.4 is 0 Å². The standard InChI is InChI=1S/C18H23N3O3/c1-11-19-14-5-3-4-13(16(14)20-11)17(23)21-9-8-18(24-2)7-6-12(22)10-15(18)21/h3-5,12,15,22H,6-10H2,1-2H3,(H,19,20)/t12-,15+,18-/m1/s1.